The van der Waals surface area contributed by atoms with Crippen molar-refractivity contribution in [3.63, 3.8) is 0 Å². The van der Waals surface area contributed by atoms with Crippen LogP contribution in [0.25, 0.3) is 10.4 Å². The Morgan fingerprint density at radius 1 is 0.852 bits per heavy atom. The zero-order chi connectivity index (χ0) is 20.6. The number of rotatable bonds is 7. The Balaban J connectivity index is 3.28. The second-order valence-electron chi connectivity index (χ2n) is 5.65. The second-order valence-corrected chi connectivity index (χ2v) is 5.65. The molecule has 12 nitrogen and oxygen atoms in total. The number of hydrogen-bond donors (Lipinski definition) is 0. The Labute approximate surface area is 154 Å². The highest BCUT2D eigenvalue weighted by molar-refractivity contribution is 5.68. The molecule has 12 heteroatoms. The Hall–Kier alpha value is -2.85. The van der Waals surface area contributed by atoms with Crippen molar-refractivity contribution in [1.29, 1.82) is 0 Å². The molecular weight excluding hydrogens is 366 g/mol. The topological polar surface area (TPSA) is 163 Å². The van der Waals surface area contributed by atoms with Crippen LogP contribution in [0, 0.1) is 0 Å². The van der Waals surface area contributed by atoms with Gasteiger partial charge in [-0.1, -0.05) is 5.11 Å². The van der Waals surface area contributed by atoms with Crippen LogP contribution >= 0.6 is 0 Å². The van der Waals surface area contributed by atoms with Gasteiger partial charge in [-0.25, -0.2) is 0 Å². The summed E-state index contributed by atoms with van der Waals surface area (Å²) < 4.78 is 26.2. The van der Waals surface area contributed by atoms with Gasteiger partial charge in [-0.2, -0.15) is 0 Å². The average Bonchev–Trinajstić information content (AvgIpc) is 2.54. The molecule has 1 saturated heterocycles. The van der Waals surface area contributed by atoms with Gasteiger partial charge < -0.3 is 23.7 Å². The maximum atomic E-state index is 11.6. The van der Waals surface area contributed by atoms with E-state index >= 15 is 0 Å². The molecule has 1 aliphatic rings. The van der Waals surface area contributed by atoms with Crippen LogP contribution in [-0.2, 0) is 42.9 Å². The second kappa shape index (κ2) is 10.3. The molecule has 0 aromatic rings. The largest absolute Gasteiger partial charge is 0.463 e. The van der Waals surface area contributed by atoms with Crippen LogP contribution in [0.5, 0.6) is 0 Å². The van der Waals surface area contributed by atoms with Crippen molar-refractivity contribution in [3.05, 3.63) is 10.4 Å². The van der Waals surface area contributed by atoms with E-state index in [0.717, 1.165) is 20.8 Å². The molecule has 1 heterocycles. The normalized spacial score (nSPS) is 26.9. The molecular formula is C15H21N3O9. The summed E-state index contributed by atoms with van der Waals surface area (Å²) in [5, 5.41) is 3.39. The van der Waals surface area contributed by atoms with E-state index in [0.29, 0.717) is 0 Å². The van der Waals surface area contributed by atoms with Gasteiger partial charge in [-0.15, -0.1) is 0 Å². The van der Waals surface area contributed by atoms with Crippen molar-refractivity contribution >= 4 is 23.9 Å². The number of carbonyl (C=O) groups excluding carboxylic acids is 4. The molecule has 5 atom stereocenters. The lowest BCUT2D eigenvalue weighted by Gasteiger charge is -2.44. The average molecular weight is 387 g/mol. The Kier molecular flexibility index (Phi) is 8.49. The van der Waals surface area contributed by atoms with Gasteiger partial charge in [0.15, 0.2) is 18.3 Å². The van der Waals surface area contributed by atoms with E-state index < -0.39 is 54.4 Å². The van der Waals surface area contributed by atoms with Crippen LogP contribution in [0.4, 0.5) is 0 Å². The van der Waals surface area contributed by atoms with Crippen molar-refractivity contribution in [2.24, 2.45) is 5.11 Å². The third kappa shape index (κ3) is 7.12. The van der Waals surface area contributed by atoms with E-state index in [1.54, 1.807) is 0 Å². The molecule has 1 fully saturated rings. The molecule has 0 N–H and O–H groups in total. The van der Waals surface area contributed by atoms with Crippen LogP contribution in [0.3, 0.4) is 0 Å². The molecule has 0 amide bonds. The summed E-state index contributed by atoms with van der Waals surface area (Å²) in [5.74, 6) is -2.78. The van der Waals surface area contributed by atoms with Crippen LogP contribution in [0.2, 0.25) is 0 Å². The molecule has 0 radical (unpaired) electrons. The summed E-state index contributed by atoms with van der Waals surface area (Å²) in [5.41, 5.74) is 8.56. The van der Waals surface area contributed by atoms with Crippen LogP contribution in [-0.4, -0.2) is 67.5 Å². The van der Waals surface area contributed by atoms with Crippen LogP contribution in [0.15, 0.2) is 5.11 Å². The van der Waals surface area contributed by atoms with E-state index in [1.807, 2.05) is 0 Å². The fourth-order valence-corrected chi connectivity index (χ4v) is 2.58. The first kappa shape index (κ1) is 22.2. The molecule has 0 aromatic heterocycles. The summed E-state index contributed by atoms with van der Waals surface area (Å²) >= 11 is 0. The molecule has 0 spiro atoms. The molecule has 0 aliphatic carbocycles. The Morgan fingerprint density at radius 3 is 1.78 bits per heavy atom. The molecule has 0 saturated carbocycles. The number of esters is 4. The fraction of sp³-hybridized carbons (Fsp3) is 0.733. The van der Waals surface area contributed by atoms with Gasteiger partial charge in [-0.05, 0) is 5.53 Å². The third-order valence-corrected chi connectivity index (χ3v) is 3.41. The smallest absolute Gasteiger partial charge is 0.303 e. The van der Waals surface area contributed by atoms with Crippen molar-refractivity contribution in [1.82, 2.24) is 0 Å². The summed E-state index contributed by atoms with van der Waals surface area (Å²) in [6, 6.07) is 0. The molecule has 27 heavy (non-hydrogen) atoms. The van der Waals surface area contributed by atoms with Crippen molar-refractivity contribution in [2.75, 3.05) is 13.2 Å². The minimum atomic E-state index is -1.26. The van der Waals surface area contributed by atoms with Gasteiger partial charge in [-0.3, -0.25) is 19.2 Å². The van der Waals surface area contributed by atoms with Gasteiger partial charge in [0, 0.05) is 32.6 Å². The van der Waals surface area contributed by atoms with Crippen LogP contribution in [0.1, 0.15) is 27.7 Å². The molecule has 0 bridgehead atoms. The van der Waals surface area contributed by atoms with Crippen LogP contribution < -0.4 is 0 Å². The lowest BCUT2D eigenvalue weighted by molar-refractivity contribution is -0.250. The van der Waals surface area contributed by atoms with Gasteiger partial charge >= 0.3 is 23.9 Å². The lowest BCUT2D eigenvalue weighted by Crippen LogP contribution is -2.63. The Morgan fingerprint density at radius 2 is 1.33 bits per heavy atom. The quantitative estimate of drug-likeness (QED) is 0.198. The highest BCUT2D eigenvalue weighted by Crippen LogP contribution is 2.29. The van der Waals surface area contributed by atoms with Gasteiger partial charge in [0.1, 0.15) is 18.8 Å². The van der Waals surface area contributed by atoms with Crippen molar-refractivity contribution in [3.8, 4) is 0 Å². The van der Waals surface area contributed by atoms with E-state index in [-0.39, 0.29) is 13.2 Å². The molecule has 1 rings (SSSR count). The minimum absolute atomic E-state index is 0.268. The lowest BCUT2D eigenvalue weighted by atomic mass is 9.94. The van der Waals surface area contributed by atoms with Crippen molar-refractivity contribution < 1.29 is 42.9 Å². The zero-order valence-corrected chi connectivity index (χ0v) is 15.3. The molecule has 0 unspecified atom stereocenters. The third-order valence-electron chi connectivity index (χ3n) is 3.41. The van der Waals surface area contributed by atoms with E-state index in [2.05, 4.69) is 10.0 Å². The number of ether oxygens (including phenoxy) is 5. The van der Waals surface area contributed by atoms with E-state index in [4.69, 9.17) is 29.2 Å². The number of hydrogen-bond acceptors (Lipinski definition) is 10. The van der Waals surface area contributed by atoms with Crippen molar-refractivity contribution in [2.45, 2.75) is 58.2 Å². The first-order chi connectivity index (χ1) is 12.6. The molecule has 150 valence electrons. The SMILES string of the molecule is CC(=O)OC[C@H]1O[C@@H](CN=[N+]=[N-])[C@H](OC(C)=O)[C@@H](OC(C)=O)[C@H]1OC(C)=O. The predicted molar refractivity (Wildman–Crippen MR) is 86.0 cm³/mol. The first-order valence-corrected chi connectivity index (χ1v) is 7.97. The highest BCUT2D eigenvalue weighted by atomic mass is 16.7. The fourth-order valence-electron chi connectivity index (χ4n) is 2.58. The summed E-state index contributed by atoms with van der Waals surface area (Å²) in [6.07, 6.45) is -5.77. The van der Waals surface area contributed by atoms with E-state index in [9.17, 15) is 19.2 Å². The molecule has 1 aliphatic heterocycles. The highest BCUT2D eigenvalue weighted by Gasteiger charge is 2.51. The Bertz CT molecular complexity index is 632. The standard InChI is InChI=1S/C15H21N3O9/c1-7(19)23-6-12-14(25-9(3)21)15(26-10(4)22)13(24-8(2)20)11(27-12)5-17-18-16/h11-15H,5-6H2,1-4H3/t11-,12+,13-,14-,15+/m0/s1. The summed E-state index contributed by atoms with van der Waals surface area (Å²) in [4.78, 5) is 48.3. The van der Waals surface area contributed by atoms with E-state index in [1.165, 1.54) is 6.92 Å². The maximum Gasteiger partial charge on any atom is 0.303 e. The number of azide groups is 1. The zero-order valence-electron chi connectivity index (χ0n) is 15.3. The summed E-state index contributed by atoms with van der Waals surface area (Å²) in [7, 11) is 0. The van der Waals surface area contributed by atoms with Gasteiger partial charge in [0.25, 0.3) is 0 Å². The number of nitrogens with zero attached hydrogens (tertiary/aromatic N) is 3. The first-order valence-electron chi connectivity index (χ1n) is 7.97. The monoisotopic (exact) mass is 387 g/mol. The number of carbonyl (C=O) groups is 4. The summed E-state index contributed by atoms with van der Waals surface area (Å²) in [6.45, 7) is 3.95. The molecule has 0 aromatic carbocycles. The maximum absolute atomic E-state index is 11.6. The van der Waals surface area contributed by atoms with Gasteiger partial charge in [0.05, 0.1) is 6.54 Å². The minimum Gasteiger partial charge on any atom is -0.463 e. The van der Waals surface area contributed by atoms with Gasteiger partial charge in [0.2, 0.25) is 0 Å². The predicted octanol–water partition coefficient (Wildman–Crippen LogP) is 0.422.